The topological polar surface area (TPSA) is 46.2 Å². The van der Waals surface area contributed by atoms with Crippen molar-refractivity contribution in [1.82, 2.24) is 5.32 Å². The predicted molar refractivity (Wildman–Crippen MR) is 143 cm³/mol. The maximum Gasteiger partial charge on any atom is 0.224 e. The van der Waals surface area contributed by atoms with Crippen LogP contribution in [-0.2, 0) is 14.3 Å². The van der Waals surface area contributed by atoms with Crippen molar-refractivity contribution < 1.29 is 9.59 Å². The van der Waals surface area contributed by atoms with Crippen LogP contribution in [-0.4, -0.2) is 23.5 Å². The van der Waals surface area contributed by atoms with Crippen LogP contribution in [0.15, 0.2) is 91.0 Å². The number of carbonyl (C=O) groups excluding carboxylic acids is 2. The Morgan fingerprint density at radius 2 is 1.26 bits per heavy atom. The van der Waals surface area contributed by atoms with Crippen molar-refractivity contribution >= 4 is 24.0 Å². The van der Waals surface area contributed by atoms with Gasteiger partial charge in [-0.2, -0.15) is 0 Å². The minimum atomic E-state index is -0.480. The number of hydrogen-bond acceptors (Lipinski definition) is 3. The molecule has 34 heavy (non-hydrogen) atoms. The van der Waals surface area contributed by atoms with Gasteiger partial charge >= 0.3 is 0 Å². The third-order valence-electron chi connectivity index (χ3n) is 6.44. The second-order valence-corrected chi connectivity index (χ2v) is 11.0. The van der Waals surface area contributed by atoms with Gasteiger partial charge in [-0.15, -0.1) is 11.8 Å². The van der Waals surface area contributed by atoms with Crippen LogP contribution in [0.1, 0.15) is 56.7 Å². The number of rotatable bonds is 12. The molecule has 0 saturated heterocycles. The summed E-state index contributed by atoms with van der Waals surface area (Å²) in [6.45, 7) is 6.94. The molecule has 0 heterocycles. The Labute approximate surface area is 208 Å². The van der Waals surface area contributed by atoms with E-state index < -0.39 is 4.75 Å². The number of aldehydes is 1. The van der Waals surface area contributed by atoms with Crippen LogP contribution >= 0.6 is 11.8 Å². The highest BCUT2D eigenvalue weighted by Gasteiger charge is 2.45. The first-order valence-electron chi connectivity index (χ1n) is 12.0. The monoisotopic (exact) mass is 473 g/mol. The molecule has 1 amide bonds. The van der Waals surface area contributed by atoms with Gasteiger partial charge in [0.1, 0.15) is 6.29 Å². The summed E-state index contributed by atoms with van der Waals surface area (Å²) in [5.41, 5.74) is 3.56. The Bertz CT molecular complexity index is 939. The average Bonchev–Trinajstić information content (AvgIpc) is 2.88. The minimum Gasteiger partial charge on any atom is -0.356 e. The number of amides is 1. The van der Waals surface area contributed by atoms with Gasteiger partial charge in [-0.3, -0.25) is 4.79 Å². The SMILES string of the molecule is C[C@H](C(=O)NCCCCC=O)C(C)(C)SC(c1ccccc1)(c1ccccc1)c1ccccc1. The van der Waals surface area contributed by atoms with Gasteiger partial charge < -0.3 is 10.1 Å². The van der Waals surface area contributed by atoms with Crippen molar-refractivity contribution in [2.24, 2.45) is 5.92 Å². The van der Waals surface area contributed by atoms with Gasteiger partial charge in [0.15, 0.2) is 0 Å². The molecule has 3 nitrogen and oxygen atoms in total. The highest BCUT2D eigenvalue weighted by molar-refractivity contribution is 8.02. The fourth-order valence-electron chi connectivity index (χ4n) is 4.21. The molecule has 0 aliphatic rings. The molecule has 1 atom stereocenters. The number of carbonyl (C=O) groups is 2. The fraction of sp³-hybridized carbons (Fsp3) is 0.333. The Kier molecular flexibility index (Phi) is 9.12. The summed E-state index contributed by atoms with van der Waals surface area (Å²) in [6.07, 6.45) is 3.09. The van der Waals surface area contributed by atoms with E-state index >= 15 is 0 Å². The lowest BCUT2D eigenvalue weighted by atomic mass is 9.84. The molecular weight excluding hydrogens is 438 g/mol. The van der Waals surface area contributed by atoms with Gasteiger partial charge in [-0.1, -0.05) is 97.9 Å². The molecule has 0 fully saturated rings. The van der Waals surface area contributed by atoms with Crippen molar-refractivity contribution in [1.29, 1.82) is 0 Å². The van der Waals surface area contributed by atoms with E-state index in [1.54, 1.807) is 0 Å². The summed E-state index contributed by atoms with van der Waals surface area (Å²) in [7, 11) is 0. The molecule has 3 rings (SSSR count). The molecule has 0 aliphatic heterocycles. The highest BCUT2D eigenvalue weighted by Crippen LogP contribution is 2.54. The van der Waals surface area contributed by atoms with Crippen LogP contribution in [0.3, 0.4) is 0 Å². The van der Waals surface area contributed by atoms with Gasteiger partial charge in [-0.25, -0.2) is 0 Å². The second-order valence-electron chi connectivity index (χ2n) is 9.16. The number of hydrogen-bond donors (Lipinski definition) is 1. The zero-order valence-corrected chi connectivity index (χ0v) is 21.2. The summed E-state index contributed by atoms with van der Waals surface area (Å²) in [4.78, 5) is 23.7. The van der Waals surface area contributed by atoms with Crippen molar-refractivity contribution in [3.8, 4) is 0 Å². The Morgan fingerprint density at radius 1 is 0.824 bits per heavy atom. The molecule has 3 aromatic rings. The van der Waals surface area contributed by atoms with E-state index in [0.717, 1.165) is 19.1 Å². The first-order valence-corrected chi connectivity index (χ1v) is 12.8. The first kappa shape index (κ1) is 25.8. The van der Waals surface area contributed by atoms with Crippen LogP contribution in [0, 0.1) is 5.92 Å². The summed E-state index contributed by atoms with van der Waals surface area (Å²) in [6, 6.07) is 31.7. The highest BCUT2D eigenvalue weighted by atomic mass is 32.2. The third-order valence-corrected chi connectivity index (χ3v) is 8.33. The molecule has 0 saturated carbocycles. The molecule has 0 unspecified atom stereocenters. The smallest absolute Gasteiger partial charge is 0.224 e. The molecule has 0 radical (unpaired) electrons. The standard InChI is InChI=1S/C30H35NO2S/c1-24(28(33)31-22-14-7-15-23-32)29(2,3)34-30(25-16-8-4-9-17-25,26-18-10-5-11-19-26)27-20-12-6-13-21-27/h4-6,8-13,16-21,23-24H,7,14-15,22H2,1-3H3,(H,31,33)/t24-/m1/s1. The molecule has 0 spiro atoms. The van der Waals surface area contributed by atoms with Crippen molar-refractivity contribution in [3.05, 3.63) is 108 Å². The van der Waals surface area contributed by atoms with E-state index in [4.69, 9.17) is 0 Å². The first-order chi connectivity index (χ1) is 16.4. The summed E-state index contributed by atoms with van der Waals surface area (Å²) in [5, 5.41) is 3.08. The molecular formula is C30H35NO2S. The van der Waals surface area contributed by atoms with Crippen LogP contribution in [0.25, 0.3) is 0 Å². The minimum absolute atomic E-state index is 0.0479. The van der Waals surface area contributed by atoms with Gasteiger partial charge in [0.25, 0.3) is 0 Å². The zero-order valence-electron chi connectivity index (χ0n) is 20.4. The van der Waals surface area contributed by atoms with Crippen molar-refractivity contribution in [2.75, 3.05) is 6.54 Å². The molecule has 178 valence electrons. The molecule has 3 aromatic carbocycles. The normalized spacial score (nSPS) is 12.7. The number of thioether (sulfide) groups is 1. The van der Waals surface area contributed by atoms with Crippen molar-refractivity contribution in [2.45, 2.75) is 49.5 Å². The lowest BCUT2D eigenvalue weighted by Crippen LogP contribution is -2.43. The molecule has 0 bridgehead atoms. The quantitative estimate of drug-likeness (QED) is 0.183. The number of nitrogens with one attached hydrogen (secondary N) is 1. The van der Waals surface area contributed by atoms with Gasteiger partial charge in [0.2, 0.25) is 5.91 Å². The maximum absolute atomic E-state index is 13.1. The van der Waals surface area contributed by atoms with E-state index in [0.29, 0.717) is 13.0 Å². The number of benzene rings is 3. The maximum atomic E-state index is 13.1. The molecule has 0 aliphatic carbocycles. The Morgan fingerprint density at radius 3 is 1.68 bits per heavy atom. The average molecular weight is 474 g/mol. The summed E-state index contributed by atoms with van der Waals surface area (Å²) < 4.78 is -0.861. The summed E-state index contributed by atoms with van der Waals surface area (Å²) >= 11 is 1.83. The van der Waals surface area contributed by atoms with E-state index in [-0.39, 0.29) is 16.6 Å². The lowest BCUT2D eigenvalue weighted by Gasteiger charge is -2.43. The van der Waals surface area contributed by atoms with Crippen LogP contribution in [0.4, 0.5) is 0 Å². The fourth-order valence-corrected chi connectivity index (χ4v) is 6.05. The van der Waals surface area contributed by atoms with E-state index in [9.17, 15) is 9.59 Å². The van der Waals surface area contributed by atoms with Gasteiger partial charge in [-0.05, 0) is 43.4 Å². The molecule has 0 aromatic heterocycles. The van der Waals surface area contributed by atoms with Crippen LogP contribution in [0.5, 0.6) is 0 Å². The van der Waals surface area contributed by atoms with Crippen molar-refractivity contribution in [3.63, 3.8) is 0 Å². The van der Waals surface area contributed by atoms with Gasteiger partial charge in [0.05, 0.1) is 4.75 Å². The lowest BCUT2D eigenvalue weighted by molar-refractivity contribution is -0.125. The second kappa shape index (κ2) is 12.0. The molecule has 1 N–H and O–H groups in total. The Hall–Kier alpha value is -2.85. The van der Waals surface area contributed by atoms with Gasteiger partial charge in [0, 0.05) is 23.6 Å². The zero-order chi connectivity index (χ0) is 24.4. The largest absolute Gasteiger partial charge is 0.356 e. The Balaban J connectivity index is 2.00. The van der Waals surface area contributed by atoms with Crippen LogP contribution in [0.2, 0.25) is 0 Å². The molecule has 4 heteroatoms. The third kappa shape index (κ3) is 5.98. The van der Waals surface area contributed by atoms with E-state index in [1.165, 1.54) is 16.7 Å². The number of unbranched alkanes of at least 4 members (excludes halogenated alkanes) is 2. The predicted octanol–water partition coefficient (Wildman–Crippen LogP) is 6.61. The van der Waals surface area contributed by atoms with E-state index in [1.807, 2.05) is 36.9 Å². The van der Waals surface area contributed by atoms with E-state index in [2.05, 4.69) is 92.0 Å². The van der Waals surface area contributed by atoms with Crippen LogP contribution < -0.4 is 5.32 Å². The summed E-state index contributed by atoms with van der Waals surface area (Å²) in [5.74, 6) is -0.175.